The topological polar surface area (TPSA) is 55.1 Å². The maximum atomic E-state index is 10.7. The molecule has 1 aliphatic rings. The zero-order valence-electron chi connectivity index (χ0n) is 8.70. The van der Waals surface area contributed by atoms with E-state index >= 15 is 0 Å². The second kappa shape index (κ2) is 4.45. The number of fused-ring (bicyclic) bond motifs is 1. The minimum atomic E-state index is -0.222. The van der Waals surface area contributed by atoms with Gasteiger partial charge in [-0.2, -0.15) is 0 Å². The van der Waals surface area contributed by atoms with E-state index in [1.165, 1.54) is 11.1 Å². The van der Waals surface area contributed by atoms with E-state index < -0.39 is 0 Å². The largest absolute Gasteiger partial charge is 0.370 e. The number of hydrogen-bond acceptors (Lipinski definition) is 2. The molecule has 0 aliphatic carbocycles. The van der Waals surface area contributed by atoms with Crippen LogP contribution in [0.4, 0.5) is 0 Å². The molecule has 2 rings (SSSR count). The predicted octanol–water partition coefficient (Wildman–Crippen LogP) is 1.14. The number of rotatable bonds is 3. The first kappa shape index (κ1) is 10.2. The van der Waals surface area contributed by atoms with Gasteiger partial charge in [0.05, 0.1) is 0 Å². The molecule has 1 amide bonds. The quantitative estimate of drug-likeness (QED) is 0.775. The fraction of sp³-hybridized carbons (Fsp3) is 0.417. The van der Waals surface area contributed by atoms with Crippen molar-refractivity contribution in [3.8, 4) is 0 Å². The van der Waals surface area contributed by atoms with Crippen molar-refractivity contribution in [3.05, 3.63) is 35.4 Å². The van der Waals surface area contributed by atoms with E-state index in [2.05, 4.69) is 23.5 Å². The lowest BCUT2D eigenvalue weighted by atomic mass is 9.92. The summed E-state index contributed by atoms with van der Waals surface area (Å²) in [6, 6.07) is 8.70. The Morgan fingerprint density at radius 1 is 1.47 bits per heavy atom. The molecule has 1 aliphatic heterocycles. The van der Waals surface area contributed by atoms with E-state index in [0.717, 1.165) is 19.4 Å². The normalized spacial score (nSPS) is 19.6. The van der Waals surface area contributed by atoms with Crippen molar-refractivity contribution in [3.63, 3.8) is 0 Å². The molecule has 1 aromatic carbocycles. The molecule has 1 aromatic rings. The molecule has 0 saturated carbocycles. The highest BCUT2D eigenvalue weighted by atomic mass is 16.1. The summed E-state index contributed by atoms with van der Waals surface area (Å²) in [6.45, 7) is 0.987. The highest BCUT2D eigenvalue weighted by molar-refractivity contribution is 5.73. The van der Waals surface area contributed by atoms with Crippen LogP contribution in [0, 0.1) is 0 Å². The van der Waals surface area contributed by atoms with Crippen molar-refractivity contribution in [2.45, 2.75) is 25.3 Å². The van der Waals surface area contributed by atoms with Gasteiger partial charge in [0.15, 0.2) is 0 Å². The molecule has 0 fully saturated rings. The lowest BCUT2D eigenvalue weighted by Crippen LogP contribution is -2.30. The second-order valence-corrected chi connectivity index (χ2v) is 3.96. The van der Waals surface area contributed by atoms with Crippen LogP contribution in [-0.4, -0.2) is 12.5 Å². The first-order chi connectivity index (χ1) is 7.27. The minimum Gasteiger partial charge on any atom is -0.370 e. The summed E-state index contributed by atoms with van der Waals surface area (Å²) in [5, 5.41) is 3.42. The van der Waals surface area contributed by atoms with Crippen molar-refractivity contribution in [2.75, 3.05) is 6.54 Å². The van der Waals surface area contributed by atoms with Gasteiger partial charge in [0, 0.05) is 12.5 Å². The number of primary amides is 1. The lowest BCUT2D eigenvalue weighted by Gasteiger charge is -2.26. The minimum absolute atomic E-state index is 0.222. The summed E-state index contributed by atoms with van der Waals surface area (Å²) in [5.74, 6) is -0.222. The molecule has 3 heteroatoms. The monoisotopic (exact) mass is 204 g/mol. The number of benzene rings is 1. The Balaban J connectivity index is 2.11. The van der Waals surface area contributed by atoms with E-state index in [9.17, 15) is 4.79 Å². The van der Waals surface area contributed by atoms with Gasteiger partial charge in [-0.05, 0) is 30.5 Å². The molecular formula is C12H16N2O. The fourth-order valence-corrected chi connectivity index (χ4v) is 2.14. The standard InChI is InChI=1S/C12H16N2O/c13-12(15)6-5-11-10-4-2-1-3-9(10)7-8-14-11/h1-4,11,14H,5-8H2,(H2,13,15). The van der Waals surface area contributed by atoms with Crippen molar-refractivity contribution in [2.24, 2.45) is 5.73 Å². The summed E-state index contributed by atoms with van der Waals surface area (Å²) < 4.78 is 0. The summed E-state index contributed by atoms with van der Waals surface area (Å²) in [5.41, 5.74) is 7.88. The molecule has 1 unspecified atom stereocenters. The van der Waals surface area contributed by atoms with Crippen LogP contribution in [0.15, 0.2) is 24.3 Å². The van der Waals surface area contributed by atoms with E-state index in [1.54, 1.807) is 0 Å². The highest BCUT2D eigenvalue weighted by Crippen LogP contribution is 2.25. The Kier molecular flexibility index (Phi) is 3.02. The molecule has 0 radical (unpaired) electrons. The molecule has 3 N–H and O–H groups in total. The van der Waals surface area contributed by atoms with Crippen molar-refractivity contribution in [1.82, 2.24) is 5.32 Å². The SMILES string of the molecule is NC(=O)CCC1NCCc2ccccc21. The van der Waals surface area contributed by atoms with E-state index in [0.29, 0.717) is 12.5 Å². The predicted molar refractivity (Wildman–Crippen MR) is 59.3 cm³/mol. The number of nitrogens with two attached hydrogens (primary N) is 1. The zero-order valence-corrected chi connectivity index (χ0v) is 8.70. The van der Waals surface area contributed by atoms with Crippen LogP contribution in [0.1, 0.15) is 30.0 Å². The third-order valence-electron chi connectivity index (χ3n) is 2.89. The Hall–Kier alpha value is -1.35. The summed E-state index contributed by atoms with van der Waals surface area (Å²) in [4.78, 5) is 10.7. The maximum absolute atomic E-state index is 10.7. The summed E-state index contributed by atoms with van der Waals surface area (Å²) in [6.07, 6.45) is 2.32. The van der Waals surface area contributed by atoms with Crippen LogP contribution in [0.25, 0.3) is 0 Å². The number of hydrogen-bond donors (Lipinski definition) is 2. The zero-order chi connectivity index (χ0) is 10.7. The van der Waals surface area contributed by atoms with Crippen LogP contribution in [0.3, 0.4) is 0 Å². The molecule has 15 heavy (non-hydrogen) atoms. The first-order valence-corrected chi connectivity index (χ1v) is 5.37. The average molecular weight is 204 g/mol. The van der Waals surface area contributed by atoms with Gasteiger partial charge in [-0.15, -0.1) is 0 Å². The van der Waals surface area contributed by atoms with Gasteiger partial charge >= 0.3 is 0 Å². The smallest absolute Gasteiger partial charge is 0.217 e. The Labute approximate surface area is 89.7 Å². The van der Waals surface area contributed by atoms with Crippen LogP contribution >= 0.6 is 0 Å². The van der Waals surface area contributed by atoms with E-state index in [4.69, 9.17) is 5.73 Å². The Morgan fingerprint density at radius 3 is 3.07 bits per heavy atom. The van der Waals surface area contributed by atoms with Crippen molar-refractivity contribution in [1.29, 1.82) is 0 Å². The lowest BCUT2D eigenvalue weighted by molar-refractivity contribution is -0.118. The Bertz CT molecular complexity index is 362. The molecule has 0 saturated heterocycles. The van der Waals surface area contributed by atoms with E-state index in [-0.39, 0.29) is 5.91 Å². The molecule has 1 atom stereocenters. The van der Waals surface area contributed by atoms with Crippen LogP contribution < -0.4 is 11.1 Å². The average Bonchev–Trinajstić information content (AvgIpc) is 2.26. The van der Waals surface area contributed by atoms with Gasteiger partial charge in [0.2, 0.25) is 5.91 Å². The molecule has 0 spiro atoms. The van der Waals surface area contributed by atoms with Gasteiger partial charge < -0.3 is 11.1 Å². The maximum Gasteiger partial charge on any atom is 0.217 e. The van der Waals surface area contributed by atoms with Crippen LogP contribution in [0.5, 0.6) is 0 Å². The number of nitrogens with one attached hydrogen (secondary N) is 1. The highest BCUT2D eigenvalue weighted by Gasteiger charge is 2.18. The molecule has 3 nitrogen and oxygen atoms in total. The van der Waals surface area contributed by atoms with Crippen molar-refractivity contribution >= 4 is 5.91 Å². The summed E-state index contributed by atoms with van der Waals surface area (Å²) >= 11 is 0. The molecule has 1 heterocycles. The number of carbonyl (C=O) groups excluding carboxylic acids is 1. The number of carbonyl (C=O) groups is 1. The second-order valence-electron chi connectivity index (χ2n) is 3.96. The van der Waals surface area contributed by atoms with Gasteiger partial charge in [0.25, 0.3) is 0 Å². The third-order valence-corrected chi connectivity index (χ3v) is 2.89. The molecular weight excluding hydrogens is 188 g/mol. The molecule has 80 valence electrons. The Morgan fingerprint density at radius 2 is 2.27 bits per heavy atom. The third kappa shape index (κ3) is 2.36. The van der Waals surface area contributed by atoms with Gasteiger partial charge in [-0.3, -0.25) is 4.79 Å². The fourth-order valence-electron chi connectivity index (χ4n) is 2.14. The van der Waals surface area contributed by atoms with Crippen LogP contribution in [0.2, 0.25) is 0 Å². The molecule has 0 aromatic heterocycles. The van der Waals surface area contributed by atoms with Crippen molar-refractivity contribution < 1.29 is 4.79 Å². The van der Waals surface area contributed by atoms with Gasteiger partial charge in [0.1, 0.15) is 0 Å². The van der Waals surface area contributed by atoms with Crippen LogP contribution in [-0.2, 0) is 11.2 Å². The van der Waals surface area contributed by atoms with Gasteiger partial charge in [-0.25, -0.2) is 0 Å². The first-order valence-electron chi connectivity index (χ1n) is 5.37. The number of amides is 1. The van der Waals surface area contributed by atoms with Gasteiger partial charge in [-0.1, -0.05) is 24.3 Å². The van der Waals surface area contributed by atoms with E-state index in [1.807, 2.05) is 6.07 Å². The summed E-state index contributed by atoms with van der Waals surface area (Å²) in [7, 11) is 0. The molecule has 0 bridgehead atoms.